The van der Waals surface area contributed by atoms with Gasteiger partial charge in [0.1, 0.15) is 17.2 Å². The number of alkyl halides is 3. The number of aromatic nitrogens is 1. The fourth-order valence-electron chi connectivity index (χ4n) is 3.88. The van der Waals surface area contributed by atoms with Gasteiger partial charge >= 0.3 is 24.2 Å². The Kier molecular flexibility index (Phi) is 10.7. The molecule has 1 atom stereocenters. The van der Waals surface area contributed by atoms with E-state index in [1.807, 2.05) is 0 Å². The fraction of sp³-hybridized carbons (Fsp3) is 0.560. The molecule has 0 bridgehead atoms. The first-order chi connectivity index (χ1) is 17.7. The molecule has 0 radical (unpaired) electrons. The smallest absolute Gasteiger partial charge is 0.444 e. The summed E-state index contributed by atoms with van der Waals surface area (Å²) in [7, 11) is 0. The number of hydrogen-bond donors (Lipinski definition) is 3. The van der Waals surface area contributed by atoms with E-state index in [1.54, 1.807) is 26.8 Å². The zero-order valence-electron chi connectivity index (χ0n) is 21.5. The van der Waals surface area contributed by atoms with Crippen LogP contribution >= 0.6 is 0 Å². The van der Waals surface area contributed by atoms with E-state index in [9.17, 15) is 32.3 Å². The van der Waals surface area contributed by atoms with Crippen LogP contribution < -0.4 is 16.4 Å². The van der Waals surface area contributed by atoms with E-state index in [-0.39, 0.29) is 29.6 Å². The van der Waals surface area contributed by atoms with Gasteiger partial charge in [-0.2, -0.15) is 13.2 Å². The summed E-state index contributed by atoms with van der Waals surface area (Å²) < 4.78 is 46.1. The zero-order chi connectivity index (χ0) is 28.5. The first-order valence-corrected chi connectivity index (χ1v) is 12.2. The molecular formula is C25H33F3N4O6. The number of nitrogens with two attached hydrogens (primary N) is 1. The third kappa shape index (κ3) is 9.67. The quantitative estimate of drug-likeness (QED) is 0.254. The van der Waals surface area contributed by atoms with Gasteiger partial charge in [-0.3, -0.25) is 9.78 Å². The number of hydrogen-bond acceptors (Lipinski definition) is 8. The molecule has 38 heavy (non-hydrogen) atoms. The highest BCUT2D eigenvalue weighted by molar-refractivity contribution is 6.02. The predicted octanol–water partition coefficient (Wildman–Crippen LogP) is 3.90. The van der Waals surface area contributed by atoms with Gasteiger partial charge in [-0.15, -0.1) is 0 Å². The molecule has 210 valence electrons. The van der Waals surface area contributed by atoms with Crippen LogP contribution in [0, 0.1) is 5.92 Å². The van der Waals surface area contributed by atoms with E-state index in [0.29, 0.717) is 6.42 Å². The van der Waals surface area contributed by atoms with Crippen LogP contribution in [0.2, 0.25) is 0 Å². The number of pyridine rings is 1. The Bertz CT molecular complexity index is 1050. The molecule has 0 spiro atoms. The maximum atomic E-state index is 12.9. The van der Waals surface area contributed by atoms with Crippen LogP contribution in [0.5, 0.6) is 0 Å². The molecule has 1 aliphatic rings. The van der Waals surface area contributed by atoms with Crippen molar-refractivity contribution < 1.29 is 41.8 Å². The number of ether oxygens (including phenoxy) is 2. The third-order valence-corrected chi connectivity index (χ3v) is 5.64. The van der Waals surface area contributed by atoms with E-state index in [2.05, 4.69) is 20.4 Å². The second-order valence-corrected chi connectivity index (χ2v) is 9.87. The van der Waals surface area contributed by atoms with Crippen LogP contribution in [-0.2, 0) is 19.1 Å². The molecule has 1 aromatic rings. The number of nitrogen functional groups attached to an aromatic ring is 1. The minimum Gasteiger partial charge on any atom is -0.444 e. The van der Waals surface area contributed by atoms with Crippen molar-refractivity contribution >= 4 is 35.7 Å². The second kappa shape index (κ2) is 13.2. The van der Waals surface area contributed by atoms with Gasteiger partial charge in [-0.1, -0.05) is 31.4 Å². The van der Waals surface area contributed by atoms with Gasteiger partial charge in [0.05, 0.1) is 5.69 Å². The van der Waals surface area contributed by atoms with E-state index in [0.717, 1.165) is 38.3 Å². The molecule has 4 N–H and O–H groups in total. The van der Waals surface area contributed by atoms with Crippen molar-refractivity contribution in [1.29, 1.82) is 0 Å². The lowest BCUT2D eigenvalue weighted by atomic mass is 9.83. The number of nitrogens with zero attached hydrogens (tertiary/aromatic N) is 1. The lowest BCUT2D eigenvalue weighted by Gasteiger charge is -2.31. The van der Waals surface area contributed by atoms with Crippen LogP contribution in [0.4, 0.5) is 23.7 Å². The summed E-state index contributed by atoms with van der Waals surface area (Å²) in [5.74, 6) is -4.59. The van der Waals surface area contributed by atoms with Crippen LogP contribution in [-0.4, -0.2) is 53.3 Å². The molecule has 1 aliphatic carbocycles. The standard InChI is InChI=1S/C25H33F3N4O6/c1-24(2,3)38-23(36)32-19(15-9-5-4-6-10-15)20(33)31-12-8-7-11-16-13-30-14-17(18(16)29)21(34)37-22(35)25(26,27)28/h7,11,13-15,19H,4-6,8-10,12H2,1-3H3,(H2,29,30)(H,31,33)(H,32,36)/b11-7+/t19-/m0/s1. The van der Waals surface area contributed by atoms with Crippen LogP contribution in [0.25, 0.3) is 6.08 Å². The summed E-state index contributed by atoms with van der Waals surface area (Å²) in [6.45, 7) is 5.41. The largest absolute Gasteiger partial charge is 0.491 e. The van der Waals surface area contributed by atoms with E-state index in [4.69, 9.17) is 10.5 Å². The van der Waals surface area contributed by atoms with Crippen molar-refractivity contribution in [2.75, 3.05) is 12.3 Å². The van der Waals surface area contributed by atoms with E-state index >= 15 is 0 Å². The number of alkyl carbamates (subject to hydrolysis) is 1. The van der Waals surface area contributed by atoms with Crippen LogP contribution in [0.1, 0.15) is 75.2 Å². The minimum absolute atomic E-state index is 0.00981. The van der Waals surface area contributed by atoms with Gasteiger partial charge in [0.25, 0.3) is 0 Å². The van der Waals surface area contributed by atoms with Crippen LogP contribution in [0.3, 0.4) is 0 Å². The maximum Gasteiger partial charge on any atom is 0.491 e. The topological polar surface area (TPSA) is 150 Å². The molecular weight excluding hydrogens is 509 g/mol. The summed E-state index contributed by atoms with van der Waals surface area (Å²) in [6.07, 6.45) is 4.22. The molecule has 2 amide bonds. The first-order valence-electron chi connectivity index (χ1n) is 12.2. The van der Waals surface area contributed by atoms with Crippen molar-refractivity contribution in [3.05, 3.63) is 29.6 Å². The number of carbonyl (C=O) groups is 4. The molecule has 0 unspecified atom stereocenters. The van der Waals surface area contributed by atoms with Gasteiger partial charge in [0, 0.05) is 24.5 Å². The summed E-state index contributed by atoms with van der Waals surface area (Å²) in [5.41, 5.74) is 4.61. The molecule has 1 fully saturated rings. The molecule has 1 saturated carbocycles. The number of amides is 2. The Morgan fingerprint density at radius 3 is 2.39 bits per heavy atom. The molecule has 10 nitrogen and oxygen atoms in total. The predicted molar refractivity (Wildman–Crippen MR) is 132 cm³/mol. The monoisotopic (exact) mass is 542 g/mol. The normalized spacial score (nSPS) is 15.5. The summed E-state index contributed by atoms with van der Waals surface area (Å²) >= 11 is 0. The number of halogens is 3. The Labute approximate surface area is 218 Å². The number of nitrogens with one attached hydrogen (secondary N) is 2. The SMILES string of the molecule is CC(C)(C)OC(=O)N[C@H](C(=O)NCC/C=C/c1cncc(C(=O)OC(=O)C(F)(F)F)c1N)C1CCCCC1. The second-order valence-electron chi connectivity index (χ2n) is 9.87. The van der Waals surface area contributed by atoms with Gasteiger partial charge in [0.15, 0.2) is 0 Å². The maximum absolute atomic E-state index is 12.9. The third-order valence-electron chi connectivity index (χ3n) is 5.64. The first kappa shape index (κ1) is 30.6. The average molecular weight is 543 g/mol. The van der Waals surface area contributed by atoms with Crippen molar-refractivity contribution in [2.24, 2.45) is 5.92 Å². The molecule has 0 aliphatic heterocycles. The highest BCUT2D eigenvalue weighted by Crippen LogP contribution is 2.27. The molecule has 1 aromatic heterocycles. The molecule has 0 aromatic carbocycles. The Morgan fingerprint density at radius 1 is 1.13 bits per heavy atom. The lowest BCUT2D eigenvalue weighted by Crippen LogP contribution is -2.52. The number of rotatable bonds is 8. The molecule has 2 rings (SSSR count). The molecule has 13 heteroatoms. The van der Waals surface area contributed by atoms with Crippen molar-refractivity contribution in [2.45, 2.75) is 77.1 Å². The van der Waals surface area contributed by atoms with Crippen molar-refractivity contribution in [1.82, 2.24) is 15.6 Å². The van der Waals surface area contributed by atoms with Gasteiger partial charge < -0.3 is 25.8 Å². The van der Waals surface area contributed by atoms with Gasteiger partial charge in [-0.25, -0.2) is 14.4 Å². The van der Waals surface area contributed by atoms with Crippen LogP contribution in [0.15, 0.2) is 18.5 Å². The van der Waals surface area contributed by atoms with E-state index in [1.165, 1.54) is 12.3 Å². The Hall–Kier alpha value is -3.64. The Morgan fingerprint density at radius 2 is 1.79 bits per heavy atom. The summed E-state index contributed by atoms with van der Waals surface area (Å²) in [5, 5.41) is 5.49. The Balaban J connectivity index is 1.97. The van der Waals surface area contributed by atoms with Crippen molar-refractivity contribution in [3.8, 4) is 0 Å². The van der Waals surface area contributed by atoms with Gasteiger partial charge in [0.2, 0.25) is 5.91 Å². The zero-order valence-corrected chi connectivity index (χ0v) is 21.5. The highest BCUT2D eigenvalue weighted by atomic mass is 19.4. The summed E-state index contributed by atoms with van der Waals surface area (Å²) in [4.78, 5) is 51.8. The molecule has 1 heterocycles. The highest BCUT2D eigenvalue weighted by Gasteiger charge is 2.43. The summed E-state index contributed by atoms with van der Waals surface area (Å²) in [6, 6.07) is -0.740. The molecule has 0 saturated heterocycles. The lowest BCUT2D eigenvalue weighted by molar-refractivity contribution is -0.193. The number of carbonyl (C=O) groups excluding carboxylic acids is 4. The fourth-order valence-corrected chi connectivity index (χ4v) is 3.88. The minimum atomic E-state index is -5.34. The number of esters is 2. The number of anilines is 1. The average Bonchev–Trinajstić information content (AvgIpc) is 2.82. The van der Waals surface area contributed by atoms with Crippen molar-refractivity contribution in [3.63, 3.8) is 0 Å². The van der Waals surface area contributed by atoms with Gasteiger partial charge in [-0.05, 0) is 46.0 Å². The van der Waals surface area contributed by atoms with E-state index < -0.39 is 41.4 Å².